The molecule has 4 atom stereocenters. The molecule has 5 rings (SSSR count). The predicted octanol–water partition coefficient (Wildman–Crippen LogP) is 6.24. The van der Waals surface area contributed by atoms with E-state index in [2.05, 4.69) is 0 Å². The number of carbonyl (C=O) groups is 2. The lowest BCUT2D eigenvalue weighted by Crippen LogP contribution is -2.42. The molecule has 12 heteroatoms. The molecule has 48 heavy (non-hydrogen) atoms. The maximum absolute atomic E-state index is 14.1. The Morgan fingerprint density at radius 1 is 0.583 bits per heavy atom. The van der Waals surface area contributed by atoms with Crippen molar-refractivity contribution < 1.29 is 36.6 Å². The minimum atomic E-state index is -4.26. The molecular formula is C36H44N2O8S2. The summed E-state index contributed by atoms with van der Waals surface area (Å²) in [4.78, 5) is 24.7. The van der Waals surface area contributed by atoms with E-state index in [4.69, 9.17) is 0 Å². The van der Waals surface area contributed by atoms with Gasteiger partial charge in [-0.2, -0.15) is 8.61 Å². The van der Waals surface area contributed by atoms with Crippen LogP contribution in [0.5, 0.6) is 0 Å². The summed E-state index contributed by atoms with van der Waals surface area (Å²) in [6.45, 7) is 12.1. The molecule has 2 saturated heterocycles. The fourth-order valence-electron chi connectivity index (χ4n) is 6.81. The summed E-state index contributed by atoms with van der Waals surface area (Å²) in [5.74, 6) is -2.50. The lowest BCUT2D eigenvalue weighted by atomic mass is 9.87. The molecule has 0 spiro atoms. The van der Waals surface area contributed by atoms with Crippen molar-refractivity contribution in [2.24, 2.45) is 0 Å². The number of nitrogens with zero attached hydrogens (tertiary/aromatic N) is 2. The van der Waals surface area contributed by atoms with Gasteiger partial charge in [0.1, 0.15) is 12.1 Å². The predicted molar refractivity (Wildman–Crippen MR) is 182 cm³/mol. The number of rotatable bonds is 8. The van der Waals surface area contributed by atoms with Crippen LogP contribution >= 0.6 is 0 Å². The summed E-state index contributed by atoms with van der Waals surface area (Å²) in [7, 11) is -8.52. The number of hydrogen-bond donors (Lipinski definition) is 2. The van der Waals surface area contributed by atoms with E-state index in [1.54, 1.807) is 48.5 Å². The Balaban J connectivity index is 1.53. The van der Waals surface area contributed by atoms with Crippen molar-refractivity contribution in [3.8, 4) is 0 Å². The first-order chi connectivity index (χ1) is 22.2. The van der Waals surface area contributed by atoms with E-state index in [-0.39, 0.29) is 46.3 Å². The molecule has 2 aliphatic rings. The first kappa shape index (κ1) is 35.7. The number of aliphatic carboxylic acids is 2. The van der Waals surface area contributed by atoms with Gasteiger partial charge >= 0.3 is 11.9 Å². The Morgan fingerprint density at radius 3 is 1.21 bits per heavy atom. The molecule has 2 fully saturated rings. The quantitative estimate of drug-likeness (QED) is 0.281. The average molecular weight is 697 g/mol. The molecule has 2 N–H and O–H groups in total. The highest BCUT2D eigenvalue weighted by atomic mass is 32.2. The van der Waals surface area contributed by atoms with E-state index in [9.17, 15) is 36.6 Å². The Labute approximate surface area is 283 Å². The Bertz CT molecular complexity index is 1770. The number of benzene rings is 3. The maximum Gasteiger partial charge on any atom is 0.322 e. The van der Waals surface area contributed by atoms with Gasteiger partial charge in [0.2, 0.25) is 20.0 Å². The van der Waals surface area contributed by atoms with Gasteiger partial charge in [0.05, 0.1) is 21.9 Å². The first-order valence-electron chi connectivity index (χ1n) is 16.1. The zero-order valence-corrected chi connectivity index (χ0v) is 29.8. The Hall–Kier alpha value is -3.58. The molecule has 0 aromatic heterocycles. The lowest BCUT2D eigenvalue weighted by Gasteiger charge is -2.30. The van der Waals surface area contributed by atoms with Gasteiger partial charge in [-0.05, 0) is 83.0 Å². The van der Waals surface area contributed by atoms with E-state index in [0.29, 0.717) is 11.1 Å². The second-order valence-corrected chi connectivity index (χ2v) is 18.5. The summed E-state index contributed by atoms with van der Waals surface area (Å²) in [5.41, 5.74) is 2.47. The first-order valence-corrected chi connectivity index (χ1v) is 19.0. The third-order valence-electron chi connectivity index (χ3n) is 9.50. The van der Waals surface area contributed by atoms with Crippen LogP contribution in [-0.2, 0) is 40.5 Å². The molecule has 0 saturated carbocycles. The van der Waals surface area contributed by atoms with E-state index < -0.39 is 56.2 Å². The van der Waals surface area contributed by atoms with Crippen molar-refractivity contribution in [2.75, 3.05) is 0 Å². The highest BCUT2D eigenvalue weighted by Crippen LogP contribution is 2.45. The van der Waals surface area contributed by atoms with Crippen molar-refractivity contribution in [1.82, 2.24) is 8.61 Å². The van der Waals surface area contributed by atoms with Gasteiger partial charge in [-0.15, -0.1) is 0 Å². The lowest BCUT2D eigenvalue weighted by molar-refractivity contribution is -0.141. The fourth-order valence-corrected chi connectivity index (χ4v) is 10.4. The van der Waals surface area contributed by atoms with Gasteiger partial charge in [0.15, 0.2) is 0 Å². The van der Waals surface area contributed by atoms with Crippen molar-refractivity contribution >= 4 is 32.0 Å². The summed E-state index contributed by atoms with van der Waals surface area (Å²) >= 11 is 0. The molecule has 10 nitrogen and oxygen atoms in total. The Morgan fingerprint density at radius 2 is 0.917 bits per heavy atom. The highest BCUT2D eigenvalue weighted by Gasteiger charge is 2.48. The van der Waals surface area contributed by atoms with Gasteiger partial charge in [-0.1, -0.05) is 90.1 Å². The molecule has 0 bridgehead atoms. The van der Waals surface area contributed by atoms with Crippen molar-refractivity contribution in [2.45, 2.75) is 112 Å². The third-order valence-corrected chi connectivity index (χ3v) is 13.4. The molecule has 0 aliphatic carbocycles. The van der Waals surface area contributed by atoms with Crippen LogP contribution in [0.1, 0.15) is 102 Å². The van der Waals surface area contributed by atoms with Crippen LogP contribution in [0.2, 0.25) is 0 Å². The van der Waals surface area contributed by atoms with Crippen LogP contribution < -0.4 is 0 Å². The minimum Gasteiger partial charge on any atom is -0.480 e. The largest absolute Gasteiger partial charge is 0.480 e. The number of sulfonamides is 2. The van der Waals surface area contributed by atoms with Crippen LogP contribution in [0.15, 0.2) is 82.6 Å². The highest BCUT2D eigenvalue weighted by molar-refractivity contribution is 7.89. The van der Waals surface area contributed by atoms with E-state index in [1.807, 2.05) is 41.5 Å². The van der Waals surface area contributed by atoms with E-state index in [0.717, 1.165) is 19.7 Å². The summed E-state index contributed by atoms with van der Waals surface area (Å²) < 4.78 is 58.5. The molecule has 3 aromatic carbocycles. The monoisotopic (exact) mass is 696 g/mol. The molecule has 2 aliphatic heterocycles. The maximum atomic E-state index is 14.1. The smallest absolute Gasteiger partial charge is 0.322 e. The second-order valence-electron chi connectivity index (χ2n) is 14.8. The zero-order valence-electron chi connectivity index (χ0n) is 28.1. The minimum absolute atomic E-state index is 0.0142. The fraction of sp³-hybridized carbons (Fsp3) is 0.444. The Kier molecular flexibility index (Phi) is 9.45. The molecular weight excluding hydrogens is 653 g/mol. The van der Waals surface area contributed by atoms with E-state index in [1.165, 1.54) is 24.3 Å². The second kappa shape index (κ2) is 12.7. The standard InChI is InChI=1S/C36H44N2O8S2/c1-35(2,3)25-10-14-27(15-11-25)47(43,44)37-29(18-20-31(37)33(39)40)23-8-7-9-24(22-23)30-19-21-32(34(41)42)38(30)48(45,46)28-16-12-26(13-17-28)36(4,5)6/h7-17,22,29-32H,18-21H2,1-6H3,(H,39,40)(H,41,42)/t29-,30-,31+,32+/m1/s1. The molecule has 0 unspecified atom stereocenters. The molecule has 258 valence electrons. The molecule has 3 aromatic rings. The normalized spacial score (nSPS) is 23.0. The van der Waals surface area contributed by atoms with Crippen molar-refractivity contribution in [3.05, 3.63) is 95.1 Å². The third kappa shape index (κ3) is 6.67. The van der Waals surface area contributed by atoms with Crippen LogP contribution in [0.25, 0.3) is 0 Å². The van der Waals surface area contributed by atoms with Crippen LogP contribution in [0.3, 0.4) is 0 Å². The van der Waals surface area contributed by atoms with Gasteiger partial charge in [0.25, 0.3) is 0 Å². The summed E-state index contributed by atoms with van der Waals surface area (Å²) in [6, 6.07) is 15.5. The van der Waals surface area contributed by atoms with Crippen molar-refractivity contribution in [1.29, 1.82) is 0 Å². The number of carboxylic acids is 2. The SMILES string of the molecule is CC(C)(C)c1ccc(S(=O)(=O)N2[C@@H](c3cccc([C@H]4CC[C@@H](C(=O)O)N4S(=O)(=O)c4ccc(C(C)(C)C)cc4)c3)CC[C@H]2C(=O)O)cc1. The summed E-state index contributed by atoms with van der Waals surface area (Å²) in [6.07, 6.45) is 0.673. The van der Waals surface area contributed by atoms with Gasteiger partial charge in [0, 0.05) is 0 Å². The van der Waals surface area contributed by atoms with Crippen LogP contribution in [0, 0.1) is 0 Å². The topological polar surface area (TPSA) is 149 Å². The van der Waals surface area contributed by atoms with Gasteiger partial charge in [-0.25, -0.2) is 16.8 Å². The van der Waals surface area contributed by atoms with Gasteiger partial charge < -0.3 is 10.2 Å². The number of carboxylic acid groups (broad SMARTS) is 2. The van der Waals surface area contributed by atoms with E-state index >= 15 is 0 Å². The average Bonchev–Trinajstić information content (AvgIpc) is 3.67. The van der Waals surface area contributed by atoms with Gasteiger partial charge in [-0.3, -0.25) is 9.59 Å². The summed E-state index contributed by atoms with van der Waals surface area (Å²) in [5, 5.41) is 20.2. The van der Waals surface area contributed by atoms with Crippen molar-refractivity contribution in [3.63, 3.8) is 0 Å². The molecule has 0 radical (unpaired) electrons. The van der Waals surface area contributed by atoms with Crippen LogP contribution in [0.4, 0.5) is 0 Å². The number of hydrogen-bond acceptors (Lipinski definition) is 6. The van der Waals surface area contributed by atoms with Crippen LogP contribution in [-0.4, -0.2) is 59.7 Å². The molecule has 2 heterocycles. The zero-order chi connectivity index (χ0) is 35.4. The molecule has 0 amide bonds.